The Morgan fingerprint density at radius 2 is 1.84 bits per heavy atom. The van der Waals surface area contributed by atoms with Gasteiger partial charge in [0.2, 0.25) is 0 Å². The Kier molecular flexibility index (Phi) is 6.50. The molecule has 1 heterocycles. The number of nitrogens with zero attached hydrogens (tertiary/aromatic N) is 1. The van der Waals surface area contributed by atoms with Gasteiger partial charge in [0.1, 0.15) is 5.60 Å². The third kappa shape index (κ3) is 5.11. The van der Waals surface area contributed by atoms with E-state index in [1.807, 2.05) is 6.92 Å². The highest BCUT2D eigenvalue weighted by Gasteiger charge is 2.27. The second kappa shape index (κ2) is 8.64. The maximum absolute atomic E-state index is 13.4. The molecule has 31 heavy (non-hydrogen) atoms. The van der Waals surface area contributed by atoms with Crippen LogP contribution in [0.25, 0.3) is 10.9 Å². The summed E-state index contributed by atoms with van der Waals surface area (Å²) in [5.74, 6) is 0. The normalized spacial score (nSPS) is 13.2. The molecule has 2 aromatic carbocycles. The van der Waals surface area contributed by atoms with Gasteiger partial charge in [0.05, 0.1) is 23.1 Å². The molecule has 1 atom stereocenters. The summed E-state index contributed by atoms with van der Waals surface area (Å²) in [6.07, 6.45) is 0.730. The van der Waals surface area contributed by atoms with Gasteiger partial charge in [-0.2, -0.15) is 0 Å². The number of nitrogens with one attached hydrogen (secondary N) is 1. The second-order valence-corrected chi connectivity index (χ2v) is 11.0. The van der Waals surface area contributed by atoms with Gasteiger partial charge >= 0.3 is 6.09 Å². The number of ether oxygens (including phenoxy) is 1. The van der Waals surface area contributed by atoms with Crippen molar-refractivity contribution in [2.45, 2.75) is 44.2 Å². The number of aryl methyl sites for hydroxylation is 1. The van der Waals surface area contributed by atoms with Gasteiger partial charge in [0.15, 0.2) is 0 Å². The van der Waals surface area contributed by atoms with E-state index in [1.165, 1.54) is 10.2 Å². The number of carbonyl (C=O) groups excluding carboxylic acids is 1. The fourth-order valence-electron chi connectivity index (χ4n) is 3.17. The van der Waals surface area contributed by atoms with Gasteiger partial charge in [-0.05, 0) is 58.0 Å². The van der Waals surface area contributed by atoms with Crippen LogP contribution in [0.5, 0.6) is 0 Å². The summed E-state index contributed by atoms with van der Waals surface area (Å²) in [7, 11) is -3.90. The van der Waals surface area contributed by atoms with Crippen LogP contribution < -0.4 is 5.32 Å². The van der Waals surface area contributed by atoms with Crippen LogP contribution >= 0.6 is 15.9 Å². The number of benzene rings is 2. The van der Waals surface area contributed by atoms with E-state index < -0.39 is 34.4 Å². The third-order valence-corrected chi connectivity index (χ3v) is 6.77. The van der Waals surface area contributed by atoms with Crippen LogP contribution in [0, 0.1) is 6.92 Å². The van der Waals surface area contributed by atoms with E-state index in [4.69, 9.17) is 4.74 Å². The molecule has 0 aliphatic carbocycles. The van der Waals surface area contributed by atoms with Crippen molar-refractivity contribution < 1.29 is 23.1 Å². The van der Waals surface area contributed by atoms with E-state index >= 15 is 0 Å². The zero-order chi connectivity index (χ0) is 23.0. The van der Waals surface area contributed by atoms with Crippen LogP contribution in [0.3, 0.4) is 0 Å². The molecule has 3 aromatic rings. The first-order valence-electron chi connectivity index (χ1n) is 9.65. The van der Waals surface area contributed by atoms with Crippen LogP contribution in [0.2, 0.25) is 0 Å². The lowest BCUT2D eigenvalue weighted by atomic mass is 10.1. The summed E-state index contributed by atoms with van der Waals surface area (Å²) in [5.41, 5.74) is 1.13. The van der Waals surface area contributed by atoms with Gasteiger partial charge in [0.25, 0.3) is 10.0 Å². The Morgan fingerprint density at radius 3 is 2.42 bits per heavy atom. The molecule has 0 aliphatic rings. The number of amides is 1. The molecule has 0 spiro atoms. The second-order valence-electron chi connectivity index (χ2n) is 8.24. The van der Waals surface area contributed by atoms with Gasteiger partial charge in [-0.1, -0.05) is 33.6 Å². The Bertz CT molecular complexity index is 1210. The molecule has 1 aromatic heterocycles. The number of carbonyl (C=O) groups is 1. The number of aliphatic hydroxyl groups excluding tert-OH is 1. The van der Waals surface area contributed by atoms with E-state index in [2.05, 4.69) is 21.2 Å². The minimum absolute atomic E-state index is 0.144. The first kappa shape index (κ1) is 23.3. The van der Waals surface area contributed by atoms with Crippen molar-refractivity contribution in [2.75, 3.05) is 6.61 Å². The number of fused-ring (bicyclic) bond motifs is 1. The van der Waals surface area contributed by atoms with Crippen LogP contribution in [-0.4, -0.2) is 35.8 Å². The Hall–Kier alpha value is -2.36. The van der Waals surface area contributed by atoms with E-state index in [1.54, 1.807) is 63.2 Å². The largest absolute Gasteiger partial charge is 0.444 e. The molecule has 3 rings (SSSR count). The fraction of sp³-hybridized carbons (Fsp3) is 0.318. The molecule has 1 amide bonds. The molecule has 7 nitrogen and oxygen atoms in total. The maximum Gasteiger partial charge on any atom is 0.408 e. The molecule has 0 bridgehead atoms. The molecule has 166 valence electrons. The molecule has 0 saturated heterocycles. The average molecular weight is 509 g/mol. The quantitative estimate of drug-likeness (QED) is 0.528. The molecule has 0 fully saturated rings. The molecular formula is C22H25BrN2O5S. The van der Waals surface area contributed by atoms with Crippen molar-refractivity contribution >= 4 is 42.9 Å². The number of hydrogen-bond donors (Lipinski definition) is 2. The smallest absolute Gasteiger partial charge is 0.408 e. The topological polar surface area (TPSA) is 97.6 Å². The number of aliphatic hydroxyl groups is 1. The third-order valence-electron chi connectivity index (χ3n) is 4.59. The maximum atomic E-state index is 13.4. The standard InChI is InChI=1S/C22H25BrN2O5S/c1-14-5-8-16(9-6-14)31(28,29)25-12-18(17-11-15(23)7-10-20(17)25)19(13-26)24-21(27)30-22(2,3)4/h5-12,19,26H,13H2,1-4H3,(H,24,27)/t19-/m1/s1. The van der Waals surface area contributed by atoms with Crippen molar-refractivity contribution in [3.63, 3.8) is 0 Å². The summed E-state index contributed by atoms with van der Waals surface area (Å²) in [6.45, 7) is 6.65. The SMILES string of the molecule is Cc1ccc(S(=O)(=O)n2cc([C@@H](CO)NC(=O)OC(C)(C)C)c3cc(Br)ccc32)cc1. The van der Waals surface area contributed by atoms with E-state index in [-0.39, 0.29) is 4.90 Å². The van der Waals surface area contributed by atoms with Crippen molar-refractivity contribution in [1.29, 1.82) is 0 Å². The van der Waals surface area contributed by atoms with Gasteiger partial charge in [-0.25, -0.2) is 17.2 Å². The van der Waals surface area contributed by atoms with Crippen LogP contribution in [0.1, 0.15) is 37.9 Å². The lowest BCUT2D eigenvalue weighted by molar-refractivity contribution is 0.0482. The number of aromatic nitrogens is 1. The summed E-state index contributed by atoms with van der Waals surface area (Å²) >= 11 is 3.41. The first-order chi connectivity index (χ1) is 14.4. The number of alkyl carbamates (subject to hydrolysis) is 1. The lowest BCUT2D eigenvalue weighted by Crippen LogP contribution is -2.36. The molecule has 9 heteroatoms. The zero-order valence-electron chi connectivity index (χ0n) is 17.7. The monoisotopic (exact) mass is 508 g/mol. The highest BCUT2D eigenvalue weighted by atomic mass is 79.9. The summed E-state index contributed by atoms with van der Waals surface area (Å²) in [4.78, 5) is 12.4. The van der Waals surface area contributed by atoms with E-state index in [0.29, 0.717) is 16.5 Å². The highest BCUT2D eigenvalue weighted by molar-refractivity contribution is 9.10. The molecule has 0 saturated carbocycles. The fourth-order valence-corrected chi connectivity index (χ4v) is 4.91. The van der Waals surface area contributed by atoms with Crippen molar-refractivity contribution in [2.24, 2.45) is 0 Å². The Balaban J connectivity index is 2.12. The summed E-state index contributed by atoms with van der Waals surface area (Å²) in [5, 5.41) is 13.2. The van der Waals surface area contributed by atoms with Gasteiger partial charge in [-0.3, -0.25) is 0 Å². The van der Waals surface area contributed by atoms with E-state index in [0.717, 1.165) is 10.0 Å². The minimum Gasteiger partial charge on any atom is -0.444 e. The zero-order valence-corrected chi connectivity index (χ0v) is 20.1. The van der Waals surface area contributed by atoms with Crippen molar-refractivity contribution in [3.05, 3.63) is 64.3 Å². The highest BCUT2D eigenvalue weighted by Crippen LogP contribution is 2.32. The number of rotatable bonds is 5. The summed E-state index contributed by atoms with van der Waals surface area (Å²) in [6, 6.07) is 10.9. The molecule has 0 radical (unpaired) electrons. The van der Waals surface area contributed by atoms with Crippen molar-refractivity contribution in [1.82, 2.24) is 9.29 Å². The average Bonchev–Trinajstić information content (AvgIpc) is 3.04. The van der Waals surface area contributed by atoms with Gasteiger partial charge < -0.3 is 15.2 Å². The first-order valence-corrected chi connectivity index (χ1v) is 11.9. The van der Waals surface area contributed by atoms with E-state index in [9.17, 15) is 18.3 Å². The van der Waals surface area contributed by atoms with Crippen LogP contribution in [0.15, 0.2) is 58.0 Å². The number of halogens is 1. The predicted octanol–water partition coefficient (Wildman–Crippen LogP) is 4.51. The van der Waals surface area contributed by atoms with Crippen LogP contribution in [-0.2, 0) is 14.8 Å². The minimum atomic E-state index is -3.90. The van der Waals surface area contributed by atoms with Crippen LogP contribution in [0.4, 0.5) is 4.79 Å². The molecule has 0 aliphatic heterocycles. The Morgan fingerprint density at radius 1 is 1.19 bits per heavy atom. The predicted molar refractivity (Wildman–Crippen MR) is 123 cm³/mol. The van der Waals surface area contributed by atoms with Gasteiger partial charge in [-0.15, -0.1) is 0 Å². The van der Waals surface area contributed by atoms with Crippen molar-refractivity contribution in [3.8, 4) is 0 Å². The summed E-state index contributed by atoms with van der Waals surface area (Å²) < 4.78 is 33.9. The molecular weight excluding hydrogens is 484 g/mol. The number of hydrogen-bond acceptors (Lipinski definition) is 5. The lowest BCUT2D eigenvalue weighted by Gasteiger charge is -2.22. The van der Waals surface area contributed by atoms with Gasteiger partial charge in [0, 0.05) is 21.6 Å². The molecule has 2 N–H and O–H groups in total. The molecule has 0 unspecified atom stereocenters. The Labute approximate surface area is 190 Å².